The zero-order valence-corrected chi connectivity index (χ0v) is 16.9. The van der Waals surface area contributed by atoms with Gasteiger partial charge in [-0.05, 0) is 38.8 Å². The molecule has 0 radical (unpaired) electrons. The van der Waals surface area contributed by atoms with Crippen molar-refractivity contribution in [1.29, 1.82) is 0 Å². The van der Waals surface area contributed by atoms with Crippen molar-refractivity contribution in [3.63, 3.8) is 0 Å². The van der Waals surface area contributed by atoms with Crippen molar-refractivity contribution in [2.75, 3.05) is 24.5 Å². The minimum atomic E-state index is -4.50. The lowest BCUT2D eigenvalue weighted by molar-refractivity contribution is -0.137. The van der Waals surface area contributed by atoms with Gasteiger partial charge < -0.3 is 14.5 Å². The van der Waals surface area contributed by atoms with Gasteiger partial charge >= 0.3 is 12.3 Å². The molecule has 0 aliphatic carbocycles. The van der Waals surface area contributed by atoms with Gasteiger partial charge in [0.15, 0.2) is 0 Å². The van der Waals surface area contributed by atoms with Gasteiger partial charge in [-0.1, -0.05) is 25.4 Å². The lowest BCUT2D eigenvalue weighted by atomic mass is 10.00. The summed E-state index contributed by atoms with van der Waals surface area (Å²) < 4.78 is 44.7. The van der Waals surface area contributed by atoms with E-state index in [1.54, 1.807) is 30.6 Å². The zero-order chi connectivity index (χ0) is 20.6. The van der Waals surface area contributed by atoms with Crippen LogP contribution in [0, 0.1) is 5.92 Å². The van der Waals surface area contributed by atoms with Crippen LogP contribution in [-0.2, 0) is 10.9 Å². The average molecular weight is 408 g/mol. The van der Waals surface area contributed by atoms with Gasteiger partial charge in [-0.15, -0.1) is 0 Å². The van der Waals surface area contributed by atoms with Crippen LogP contribution in [-0.4, -0.2) is 47.3 Å². The first kappa shape index (κ1) is 21.6. The van der Waals surface area contributed by atoms with Crippen molar-refractivity contribution in [1.82, 2.24) is 9.88 Å². The van der Waals surface area contributed by atoms with E-state index in [2.05, 4.69) is 4.98 Å². The van der Waals surface area contributed by atoms with Gasteiger partial charge in [0.2, 0.25) is 0 Å². The fraction of sp³-hybridized carbons (Fsp3) is 0.667. The number of aromatic nitrogens is 1. The Morgan fingerprint density at radius 2 is 1.89 bits per heavy atom. The van der Waals surface area contributed by atoms with Crippen molar-refractivity contribution < 1.29 is 22.7 Å². The van der Waals surface area contributed by atoms with Crippen LogP contribution >= 0.6 is 11.6 Å². The van der Waals surface area contributed by atoms with Crippen LogP contribution in [0.25, 0.3) is 0 Å². The van der Waals surface area contributed by atoms with E-state index in [9.17, 15) is 18.0 Å². The number of pyridine rings is 1. The Morgan fingerprint density at radius 1 is 1.26 bits per heavy atom. The van der Waals surface area contributed by atoms with Crippen molar-refractivity contribution >= 4 is 23.5 Å². The van der Waals surface area contributed by atoms with Crippen molar-refractivity contribution in [2.45, 2.75) is 52.4 Å². The summed E-state index contributed by atoms with van der Waals surface area (Å²) in [6, 6.07) is 1.58. The van der Waals surface area contributed by atoms with Crippen LogP contribution in [0.4, 0.5) is 23.8 Å². The van der Waals surface area contributed by atoms with E-state index in [-0.39, 0.29) is 22.9 Å². The first-order valence-corrected chi connectivity index (χ1v) is 9.15. The summed E-state index contributed by atoms with van der Waals surface area (Å²) in [7, 11) is 0. The highest BCUT2D eigenvalue weighted by atomic mass is 35.5. The van der Waals surface area contributed by atoms with Crippen LogP contribution in [0.1, 0.15) is 40.2 Å². The third kappa shape index (κ3) is 5.64. The number of amides is 1. The molecule has 27 heavy (non-hydrogen) atoms. The molecule has 0 aromatic carbocycles. The summed E-state index contributed by atoms with van der Waals surface area (Å²) >= 11 is 5.80. The van der Waals surface area contributed by atoms with Gasteiger partial charge in [-0.25, -0.2) is 9.78 Å². The van der Waals surface area contributed by atoms with E-state index in [1.165, 1.54) is 0 Å². The second-order valence-electron chi connectivity index (χ2n) is 7.97. The van der Waals surface area contributed by atoms with Crippen LogP contribution in [0.5, 0.6) is 0 Å². The molecule has 2 rings (SSSR count). The topological polar surface area (TPSA) is 45.7 Å². The van der Waals surface area contributed by atoms with E-state index in [0.29, 0.717) is 19.6 Å². The molecule has 1 aliphatic rings. The maximum atomic E-state index is 13.1. The van der Waals surface area contributed by atoms with E-state index in [0.717, 1.165) is 12.1 Å². The third-order valence-electron chi connectivity index (χ3n) is 4.25. The predicted octanol–water partition coefficient (Wildman–Crippen LogP) is 4.84. The van der Waals surface area contributed by atoms with Crippen LogP contribution in [0.2, 0.25) is 5.15 Å². The third-order valence-corrected chi connectivity index (χ3v) is 4.44. The maximum Gasteiger partial charge on any atom is 0.416 e. The molecule has 1 aromatic heterocycles. The SMILES string of the molecule is CC(C)[C@H]1CN(c2cc(C(F)(F)F)cc(Cl)n2)CCN1C(=O)OC(C)(C)C. The molecule has 0 saturated carbocycles. The second-order valence-corrected chi connectivity index (χ2v) is 8.35. The monoisotopic (exact) mass is 407 g/mol. The number of carbonyl (C=O) groups is 1. The van der Waals surface area contributed by atoms with Gasteiger partial charge in [0, 0.05) is 19.6 Å². The molecule has 2 heterocycles. The van der Waals surface area contributed by atoms with E-state index >= 15 is 0 Å². The highest BCUT2D eigenvalue weighted by Crippen LogP contribution is 2.33. The molecular weight excluding hydrogens is 383 g/mol. The second kappa shape index (κ2) is 7.73. The largest absolute Gasteiger partial charge is 0.444 e. The Hall–Kier alpha value is -1.70. The number of hydrogen-bond donors (Lipinski definition) is 0. The smallest absolute Gasteiger partial charge is 0.416 e. The lowest BCUT2D eigenvalue weighted by Gasteiger charge is -2.44. The van der Waals surface area contributed by atoms with Gasteiger partial charge in [0.05, 0.1) is 11.6 Å². The first-order valence-electron chi connectivity index (χ1n) is 8.77. The van der Waals surface area contributed by atoms with Gasteiger partial charge in [0.1, 0.15) is 16.6 Å². The molecule has 152 valence electrons. The number of alkyl halides is 3. The van der Waals surface area contributed by atoms with Crippen LogP contribution in [0.15, 0.2) is 12.1 Å². The molecule has 0 bridgehead atoms. The highest BCUT2D eigenvalue weighted by Gasteiger charge is 2.37. The number of rotatable bonds is 2. The molecule has 1 fully saturated rings. The molecule has 1 atom stereocenters. The molecule has 1 amide bonds. The number of halogens is 4. The summed E-state index contributed by atoms with van der Waals surface area (Å²) in [5.74, 6) is 0.242. The summed E-state index contributed by atoms with van der Waals surface area (Å²) in [6.45, 7) is 10.3. The zero-order valence-electron chi connectivity index (χ0n) is 16.1. The normalized spacial score (nSPS) is 18.8. The Bertz CT molecular complexity index is 689. The van der Waals surface area contributed by atoms with E-state index in [4.69, 9.17) is 16.3 Å². The number of ether oxygens (including phenoxy) is 1. The fourth-order valence-electron chi connectivity index (χ4n) is 2.94. The Morgan fingerprint density at radius 3 is 2.41 bits per heavy atom. The molecule has 1 saturated heterocycles. The Kier molecular flexibility index (Phi) is 6.19. The summed E-state index contributed by atoms with van der Waals surface area (Å²) in [5, 5.41) is -0.213. The van der Waals surface area contributed by atoms with Gasteiger partial charge in [-0.2, -0.15) is 13.2 Å². The number of carbonyl (C=O) groups excluding carboxylic acids is 1. The number of nitrogens with zero attached hydrogens (tertiary/aromatic N) is 3. The maximum absolute atomic E-state index is 13.1. The predicted molar refractivity (Wildman–Crippen MR) is 98.0 cm³/mol. The highest BCUT2D eigenvalue weighted by molar-refractivity contribution is 6.29. The number of piperazine rings is 1. The molecule has 1 aliphatic heterocycles. The molecule has 0 unspecified atom stereocenters. The van der Waals surface area contributed by atoms with E-state index < -0.39 is 23.4 Å². The number of anilines is 1. The Labute approximate surface area is 162 Å². The molecule has 0 spiro atoms. The van der Waals surface area contributed by atoms with E-state index in [1.807, 2.05) is 13.8 Å². The molecule has 0 N–H and O–H groups in total. The van der Waals surface area contributed by atoms with Crippen LogP contribution < -0.4 is 4.90 Å². The summed E-state index contributed by atoms with van der Waals surface area (Å²) in [6.07, 6.45) is -4.92. The molecule has 9 heteroatoms. The standard InChI is InChI=1S/C18H25ClF3N3O2/c1-11(2)13-10-24(6-7-25(13)16(26)27-17(3,4)5)15-9-12(18(20,21)22)8-14(19)23-15/h8-9,11,13H,6-7,10H2,1-5H3/t13-/m1/s1. The summed E-state index contributed by atoms with van der Waals surface area (Å²) in [4.78, 5) is 19.9. The summed E-state index contributed by atoms with van der Waals surface area (Å²) in [5.41, 5.74) is -1.46. The number of hydrogen-bond acceptors (Lipinski definition) is 4. The molecular formula is C18H25ClF3N3O2. The first-order chi connectivity index (χ1) is 12.3. The van der Waals surface area contributed by atoms with Crippen molar-refractivity contribution in [3.05, 3.63) is 22.8 Å². The minimum absolute atomic E-state index is 0.0848. The minimum Gasteiger partial charge on any atom is -0.444 e. The molecule has 1 aromatic rings. The Balaban J connectivity index is 2.24. The van der Waals surface area contributed by atoms with Gasteiger partial charge in [0.25, 0.3) is 0 Å². The van der Waals surface area contributed by atoms with Crippen LogP contribution in [0.3, 0.4) is 0 Å². The van der Waals surface area contributed by atoms with Gasteiger partial charge in [-0.3, -0.25) is 0 Å². The van der Waals surface area contributed by atoms with Crippen molar-refractivity contribution in [2.24, 2.45) is 5.92 Å². The average Bonchev–Trinajstić information content (AvgIpc) is 2.51. The quantitative estimate of drug-likeness (QED) is 0.658. The molecule has 5 nitrogen and oxygen atoms in total. The lowest BCUT2D eigenvalue weighted by Crippen LogP contribution is -2.58. The fourth-order valence-corrected chi connectivity index (χ4v) is 3.15. The van der Waals surface area contributed by atoms with Crippen molar-refractivity contribution in [3.8, 4) is 0 Å².